The van der Waals surface area contributed by atoms with Gasteiger partial charge in [0.15, 0.2) is 0 Å². The number of hydrogen-bond donors (Lipinski definition) is 3. The summed E-state index contributed by atoms with van der Waals surface area (Å²) in [5, 5.41) is 21.5. The zero-order chi connectivity index (χ0) is 14.4. The molecule has 0 saturated carbocycles. The Balaban J connectivity index is 2.58. The zero-order valence-electron chi connectivity index (χ0n) is 11.8. The van der Waals surface area contributed by atoms with E-state index < -0.39 is 18.1 Å². The standard InChI is InChI=1S/C15H23NO3/c1-4-10(2)12-5-7-13(8-6-12)14(17)9-16-11(3)15(18)19/h5-8,10-11,14,16-17H,4,9H2,1-3H3,(H,18,19). The molecule has 0 aliphatic rings. The number of carboxylic acids is 1. The molecule has 4 heteroatoms. The fourth-order valence-corrected chi connectivity index (χ4v) is 1.78. The molecule has 0 aromatic heterocycles. The first-order valence-corrected chi connectivity index (χ1v) is 6.69. The monoisotopic (exact) mass is 265 g/mol. The van der Waals surface area contributed by atoms with Gasteiger partial charge in [-0.25, -0.2) is 0 Å². The summed E-state index contributed by atoms with van der Waals surface area (Å²) in [4.78, 5) is 10.7. The molecular formula is C15H23NO3. The maximum Gasteiger partial charge on any atom is 0.320 e. The third-order valence-corrected chi connectivity index (χ3v) is 3.49. The molecule has 106 valence electrons. The highest BCUT2D eigenvalue weighted by molar-refractivity contribution is 5.72. The number of hydrogen-bond acceptors (Lipinski definition) is 3. The van der Waals surface area contributed by atoms with Crippen molar-refractivity contribution in [3.8, 4) is 0 Å². The van der Waals surface area contributed by atoms with Gasteiger partial charge in [0.1, 0.15) is 6.04 Å². The summed E-state index contributed by atoms with van der Waals surface area (Å²) in [6, 6.07) is 7.19. The molecule has 1 rings (SSSR count). The van der Waals surface area contributed by atoms with E-state index in [2.05, 4.69) is 19.2 Å². The molecule has 3 N–H and O–H groups in total. The van der Waals surface area contributed by atoms with Crippen LogP contribution in [0.5, 0.6) is 0 Å². The quantitative estimate of drug-likeness (QED) is 0.707. The minimum atomic E-state index is -0.917. The normalized spacial score (nSPS) is 15.8. The van der Waals surface area contributed by atoms with Crippen LogP contribution in [0.4, 0.5) is 0 Å². The summed E-state index contributed by atoms with van der Waals surface area (Å²) in [5.41, 5.74) is 2.06. The van der Waals surface area contributed by atoms with Crippen LogP contribution in [0.2, 0.25) is 0 Å². The van der Waals surface area contributed by atoms with Crippen molar-refractivity contribution < 1.29 is 15.0 Å². The lowest BCUT2D eigenvalue weighted by atomic mass is 9.96. The Hall–Kier alpha value is -1.39. The number of rotatable bonds is 7. The summed E-state index contributed by atoms with van der Waals surface area (Å²) in [5.74, 6) is -0.407. The van der Waals surface area contributed by atoms with Crippen molar-refractivity contribution in [3.63, 3.8) is 0 Å². The van der Waals surface area contributed by atoms with Crippen molar-refractivity contribution in [1.29, 1.82) is 0 Å². The van der Waals surface area contributed by atoms with E-state index in [1.807, 2.05) is 24.3 Å². The molecule has 0 amide bonds. The Morgan fingerprint density at radius 3 is 2.21 bits per heavy atom. The van der Waals surface area contributed by atoms with E-state index in [9.17, 15) is 9.90 Å². The molecule has 0 bridgehead atoms. The van der Waals surface area contributed by atoms with Crippen LogP contribution in [0.1, 0.15) is 50.3 Å². The number of aliphatic hydroxyl groups excluding tert-OH is 1. The van der Waals surface area contributed by atoms with E-state index in [1.165, 1.54) is 5.56 Å². The Morgan fingerprint density at radius 1 is 1.21 bits per heavy atom. The van der Waals surface area contributed by atoms with Gasteiger partial charge in [0.05, 0.1) is 6.10 Å². The van der Waals surface area contributed by atoms with E-state index in [4.69, 9.17) is 5.11 Å². The Morgan fingerprint density at radius 2 is 1.74 bits per heavy atom. The van der Waals surface area contributed by atoms with E-state index in [1.54, 1.807) is 6.92 Å². The van der Waals surface area contributed by atoms with Crippen molar-refractivity contribution in [1.82, 2.24) is 5.32 Å². The van der Waals surface area contributed by atoms with E-state index in [-0.39, 0.29) is 6.54 Å². The first-order valence-electron chi connectivity index (χ1n) is 6.69. The van der Waals surface area contributed by atoms with Crippen molar-refractivity contribution in [2.45, 2.75) is 45.3 Å². The highest BCUT2D eigenvalue weighted by Crippen LogP contribution is 2.21. The molecule has 0 aliphatic carbocycles. The number of benzene rings is 1. The number of carboxylic acid groups (broad SMARTS) is 1. The molecule has 3 unspecified atom stereocenters. The third-order valence-electron chi connectivity index (χ3n) is 3.49. The molecule has 0 aliphatic heterocycles. The number of aliphatic hydroxyl groups is 1. The molecule has 1 aromatic carbocycles. The summed E-state index contributed by atoms with van der Waals surface area (Å²) in [6.07, 6.45) is 0.396. The summed E-state index contributed by atoms with van der Waals surface area (Å²) in [6.45, 7) is 6.10. The lowest BCUT2D eigenvalue weighted by Gasteiger charge is -2.16. The molecule has 0 radical (unpaired) electrons. The zero-order valence-corrected chi connectivity index (χ0v) is 11.8. The highest BCUT2D eigenvalue weighted by Gasteiger charge is 2.13. The highest BCUT2D eigenvalue weighted by atomic mass is 16.4. The van der Waals surface area contributed by atoms with Gasteiger partial charge in [0.2, 0.25) is 0 Å². The lowest BCUT2D eigenvalue weighted by Crippen LogP contribution is -2.36. The summed E-state index contributed by atoms with van der Waals surface area (Å²) >= 11 is 0. The van der Waals surface area contributed by atoms with Gasteiger partial charge in [-0.3, -0.25) is 4.79 Å². The molecule has 4 nitrogen and oxygen atoms in total. The van der Waals surface area contributed by atoms with E-state index in [0.29, 0.717) is 5.92 Å². The van der Waals surface area contributed by atoms with Crippen LogP contribution < -0.4 is 5.32 Å². The largest absolute Gasteiger partial charge is 0.480 e. The molecule has 0 fully saturated rings. The fraction of sp³-hybridized carbons (Fsp3) is 0.533. The van der Waals surface area contributed by atoms with Crippen LogP contribution in [0.3, 0.4) is 0 Å². The minimum absolute atomic E-state index is 0.232. The van der Waals surface area contributed by atoms with Crippen molar-refractivity contribution in [2.24, 2.45) is 0 Å². The summed E-state index contributed by atoms with van der Waals surface area (Å²) in [7, 11) is 0. The summed E-state index contributed by atoms with van der Waals surface area (Å²) < 4.78 is 0. The topological polar surface area (TPSA) is 69.6 Å². The van der Waals surface area contributed by atoms with Crippen LogP contribution >= 0.6 is 0 Å². The van der Waals surface area contributed by atoms with E-state index >= 15 is 0 Å². The van der Waals surface area contributed by atoms with Crippen molar-refractivity contribution >= 4 is 5.97 Å². The van der Waals surface area contributed by atoms with Crippen LogP contribution in [0.15, 0.2) is 24.3 Å². The average Bonchev–Trinajstić information content (AvgIpc) is 2.43. The predicted octanol–water partition coefficient (Wildman–Crippen LogP) is 2.30. The molecule has 1 aromatic rings. The van der Waals surface area contributed by atoms with Gasteiger partial charge in [0.25, 0.3) is 0 Å². The Bertz CT molecular complexity index is 402. The fourth-order valence-electron chi connectivity index (χ4n) is 1.78. The second-order valence-electron chi connectivity index (χ2n) is 4.96. The van der Waals surface area contributed by atoms with E-state index in [0.717, 1.165) is 12.0 Å². The first-order chi connectivity index (χ1) is 8.95. The molecular weight excluding hydrogens is 242 g/mol. The molecule has 3 atom stereocenters. The molecule has 0 saturated heterocycles. The smallest absolute Gasteiger partial charge is 0.320 e. The first kappa shape index (κ1) is 15.7. The second-order valence-corrected chi connectivity index (χ2v) is 4.96. The number of nitrogens with one attached hydrogen (secondary N) is 1. The van der Waals surface area contributed by atoms with Gasteiger partial charge in [-0.05, 0) is 30.4 Å². The van der Waals surface area contributed by atoms with Crippen LogP contribution in [-0.2, 0) is 4.79 Å². The van der Waals surface area contributed by atoms with Gasteiger partial charge in [0, 0.05) is 6.54 Å². The number of carbonyl (C=O) groups is 1. The number of aliphatic carboxylic acids is 1. The van der Waals surface area contributed by atoms with Gasteiger partial charge in [-0.2, -0.15) is 0 Å². The van der Waals surface area contributed by atoms with Crippen LogP contribution in [-0.4, -0.2) is 28.8 Å². The lowest BCUT2D eigenvalue weighted by molar-refractivity contribution is -0.139. The second kappa shape index (κ2) is 7.26. The molecule has 19 heavy (non-hydrogen) atoms. The maximum absolute atomic E-state index is 10.7. The minimum Gasteiger partial charge on any atom is -0.480 e. The van der Waals surface area contributed by atoms with Gasteiger partial charge < -0.3 is 15.5 Å². The maximum atomic E-state index is 10.7. The molecule has 0 spiro atoms. The van der Waals surface area contributed by atoms with Gasteiger partial charge in [-0.1, -0.05) is 38.1 Å². The average molecular weight is 265 g/mol. The predicted molar refractivity (Wildman–Crippen MR) is 75.2 cm³/mol. The Kier molecular flexibility index (Phi) is 5.99. The Labute approximate surface area is 114 Å². The molecule has 0 heterocycles. The third kappa shape index (κ3) is 4.65. The van der Waals surface area contributed by atoms with Crippen molar-refractivity contribution in [3.05, 3.63) is 35.4 Å². The van der Waals surface area contributed by atoms with Gasteiger partial charge in [-0.15, -0.1) is 0 Å². The van der Waals surface area contributed by atoms with Crippen LogP contribution in [0, 0.1) is 0 Å². The van der Waals surface area contributed by atoms with Crippen LogP contribution in [0.25, 0.3) is 0 Å². The SMILES string of the molecule is CCC(C)c1ccc(C(O)CNC(C)C(=O)O)cc1. The van der Waals surface area contributed by atoms with Crippen molar-refractivity contribution in [2.75, 3.05) is 6.54 Å². The van der Waals surface area contributed by atoms with Gasteiger partial charge >= 0.3 is 5.97 Å².